The molecule has 4 rings (SSSR count). The van der Waals surface area contributed by atoms with Crippen molar-refractivity contribution in [3.05, 3.63) is 40.6 Å². The van der Waals surface area contributed by atoms with Gasteiger partial charge < -0.3 is 11.1 Å². The van der Waals surface area contributed by atoms with E-state index < -0.39 is 10.0 Å². The number of sulfonamides is 1. The van der Waals surface area contributed by atoms with E-state index in [2.05, 4.69) is 29.5 Å². The van der Waals surface area contributed by atoms with Crippen LogP contribution in [-0.4, -0.2) is 47.8 Å². The van der Waals surface area contributed by atoms with E-state index in [1.807, 2.05) is 6.07 Å². The summed E-state index contributed by atoms with van der Waals surface area (Å²) in [6, 6.07) is 6.17. The first kappa shape index (κ1) is 18.9. The van der Waals surface area contributed by atoms with Crippen molar-refractivity contribution in [1.82, 2.24) is 14.1 Å². The summed E-state index contributed by atoms with van der Waals surface area (Å²) in [6.45, 7) is 3.30. The van der Waals surface area contributed by atoms with E-state index in [9.17, 15) is 13.2 Å². The lowest BCUT2D eigenvalue weighted by Gasteiger charge is -2.26. The van der Waals surface area contributed by atoms with E-state index in [-0.39, 0.29) is 18.4 Å². The van der Waals surface area contributed by atoms with Crippen molar-refractivity contribution in [1.29, 1.82) is 0 Å². The lowest BCUT2D eigenvalue weighted by molar-refractivity contribution is 0.0859. The summed E-state index contributed by atoms with van der Waals surface area (Å²) in [6.07, 6.45) is 3.21. The number of aryl methyl sites for hydroxylation is 1. The van der Waals surface area contributed by atoms with Crippen LogP contribution < -0.4 is 11.1 Å². The SMILES string of the molecule is CCc1ccc2c(c1)[C@@H](C(=O)n1nc3c(c1N)CCN(S(C)(=O)=O)C3)CCN2. The minimum absolute atomic E-state index is 0.154. The highest BCUT2D eigenvalue weighted by molar-refractivity contribution is 7.88. The van der Waals surface area contributed by atoms with E-state index >= 15 is 0 Å². The molecule has 0 spiro atoms. The number of rotatable bonds is 3. The van der Waals surface area contributed by atoms with Gasteiger partial charge in [-0.05, 0) is 36.5 Å². The molecule has 150 valence electrons. The first-order chi connectivity index (χ1) is 13.3. The highest BCUT2D eigenvalue weighted by atomic mass is 32.2. The molecule has 0 amide bonds. The number of anilines is 2. The topological polar surface area (TPSA) is 110 Å². The summed E-state index contributed by atoms with van der Waals surface area (Å²) < 4.78 is 26.4. The molecule has 28 heavy (non-hydrogen) atoms. The number of hydrogen-bond acceptors (Lipinski definition) is 6. The van der Waals surface area contributed by atoms with Gasteiger partial charge in [0.25, 0.3) is 5.91 Å². The molecule has 9 heteroatoms. The predicted octanol–water partition coefficient (Wildman–Crippen LogP) is 1.58. The maximum absolute atomic E-state index is 13.3. The van der Waals surface area contributed by atoms with Gasteiger partial charge in [0.05, 0.1) is 24.4 Å². The van der Waals surface area contributed by atoms with Gasteiger partial charge in [0.15, 0.2) is 0 Å². The average molecular weight is 404 g/mol. The number of nitrogen functional groups attached to an aromatic ring is 1. The van der Waals surface area contributed by atoms with Gasteiger partial charge in [-0.25, -0.2) is 8.42 Å². The zero-order valence-corrected chi connectivity index (χ0v) is 16.9. The Labute approximate surface area is 164 Å². The smallest absolute Gasteiger partial charge is 0.256 e. The van der Waals surface area contributed by atoms with Crippen LogP contribution in [0.3, 0.4) is 0 Å². The van der Waals surface area contributed by atoms with Crippen molar-refractivity contribution >= 4 is 27.4 Å². The Kier molecular flexibility index (Phi) is 4.67. The number of nitrogens with zero attached hydrogens (tertiary/aromatic N) is 3. The maximum Gasteiger partial charge on any atom is 0.256 e. The monoisotopic (exact) mass is 403 g/mol. The van der Waals surface area contributed by atoms with Crippen LogP contribution in [0.1, 0.15) is 46.4 Å². The fourth-order valence-electron chi connectivity index (χ4n) is 4.04. The minimum atomic E-state index is -3.31. The van der Waals surface area contributed by atoms with Crippen LogP contribution in [0.2, 0.25) is 0 Å². The van der Waals surface area contributed by atoms with Crippen molar-refractivity contribution in [3.63, 3.8) is 0 Å². The summed E-state index contributed by atoms with van der Waals surface area (Å²) in [5.41, 5.74) is 10.7. The first-order valence-corrected chi connectivity index (χ1v) is 11.4. The van der Waals surface area contributed by atoms with Gasteiger partial charge >= 0.3 is 0 Å². The molecule has 1 aromatic heterocycles. The summed E-state index contributed by atoms with van der Waals surface area (Å²) in [5.74, 6) is -0.147. The molecule has 3 N–H and O–H groups in total. The Hall–Kier alpha value is -2.39. The van der Waals surface area contributed by atoms with E-state index in [0.717, 1.165) is 23.2 Å². The summed E-state index contributed by atoms with van der Waals surface area (Å²) in [7, 11) is -3.31. The average Bonchev–Trinajstić information content (AvgIpc) is 3.02. The van der Waals surface area contributed by atoms with Gasteiger partial charge in [-0.15, -0.1) is 0 Å². The van der Waals surface area contributed by atoms with Crippen molar-refractivity contribution in [2.75, 3.05) is 30.4 Å². The molecule has 8 nitrogen and oxygen atoms in total. The second-order valence-corrected chi connectivity index (χ2v) is 9.43. The van der Waals surface area contributed by atoms with Gasteiger partial charge in [-0.1, -0.05) is 19.1 Å². The molecule has 1 atom stereocenters. The molecular formula is C19H25N5O3S. The predicted molar refractivity (Wildman–Crippen MR) is 108 cm³/mol. The van der Waals surface area contributed by atoms with Gasteiger partial charge in [0, 0.05) is 24.3 Å². The van der Waals surface area contributed by atoms with Crippen LogP contribution >= 0.6 is 0 Å². The number of nitrogens with one attached hydrogen (secondary N) is 1. The van der Waals surface area contributed by atoms with Gasteiger partial charge in [0.1, 0.15) is 5.82 Å². The van der Waals surface area contributed by atoms with Crippen molar-refractivity contribution in [2.24, 2.45) is 0 Å². The van der Waals surface area contributed by atoms with E-state index in [1.54, 1.807) is 0 Å². The maximum atomic E-state index is 13.3. The highest BCUT2D eigenvalue weighted by Gasteiger charge is 2.33. The number of carbonyl (C=O) groups excluding carboxylic acids is 1. The van der Waals surface area contributed by atoms with Crippen LogP contribution in [0.4, 0.5) is 11.5 Å². The van der Waals surface area contributed by atoms with E-state index in [4.69, 9.17) is 5.73 Å². The third-order valence-electron chi connectivity index (χ3n) is 5.67. The number of nitrogens with two attached hydrogens (primary N) is 1. The molecule has 0 saturated heterocycles. The van der Waals surface area contributed by atoms with Crippen LogP contribution in [0.15, 0.2) is 18.2 Å². The normalized spacial score (nSPS) is 19.6. The van der Waals surface area contributed by atoms with Crippen LogP contribution in [0.25, 0.3) is 0 Å². The molecule has 0 fully saturated rings. The number of aromatic nitrogens is 2. The molecule has 2 aliphatic heterocycles. The van der Waals surface area contributed by atoms with Gasteiger partial charge in [-0.2, -0.15) is 14.1 Å². The molecule has 0 aliphatic carbocycles. The molecule has 2 aromatic rings. The Morgan fingerprint density at radius 1 is 1.39 bits per heavy atom. The van der Waals surface area contributed by atoms with Crippen molar-refractivity contribution in [3.8, 4) is 0 Å². The second kappa shape index (κ2) is 6.89. The lowest BCUT2D eigenvalue weighted by atomic mass is 9.88. The third kappa shape index (κ3) is 3.18. The lowest BCUT2D eigenvalue weighted by Crippen LogP contribution is -2.35. The fourth-order valence-corrected chi connectivity index (χ4v) is 4.82. The molecule has 0 radical (unpaired) electrons. The Morgan fingerprint density at radius 3 is 2.89 bits per heavy atom. The van der Waals surface area contributed by atoms with Crippen molar-refractivity contribution < 1.29 is 13.2 Å². The third-order valence-corrected chi connectivity index (χ3v) is 6.92. The Morgan fingerprint density at radius 2 is 2.18 bits per heavy atom. The summed E-state index contributed by atoms with van der Waals surface area (Å²) in [4.78, 5) is 13.3. The van der Waals surface area contributed by atoms with E-state index in [0.29, 0.717) is 37.4 Å². The molecule has 0 saturated carbocycles. The number of benzene rings is 1. The summed E-state index contributed by atoms with van der Waals surface area (Å²) in [5, 5.41) is 7.77. The number of carbonyl (C=O) groups is 1. The largest absolute Gasteiger partial charge is 0.385 e. The zero-order chi connectivity index (χ0) is 20.1. The van der Waals surface area contributed by atoms with Crippen LogP contribution in [0, 0.1) is 0 Å². The fraction of sp³-hybridized carbons (Fsp3) is 0.474. The highest BCUT2D eigenvalue weighted by Crippen LogP contribution is 2.35. The Bertz CT molecular complexity index is 1040. The minimum Gasteiger partial charge on any atom is -0.385 e. The van der Waals surface area contributed by atoms with Crippen LogP contribution in [0.5, 0.6) is 0 Å². The first-order valence-electron chi connectivity index (χ1n) is 9.52. The molecule has 2 aliphatic rings. The number of hydrogen-bond donors (Lipinski definition) is 2. The standard InChI is InChI=1S/C19H25N5O3S/c1-3-12-4-5-16-15(10-12)13(6-8-21-16)19(25)24-18(20)14-7-9-23(28(2,26)27)11-17(14)22-24/h4-5,10,13,21H,3,6-9,11,20H2,1-2H3/t13-/m0/s1. The molecule has 0 bridgehead atoms. The second-order valence-electron chi connectivity index (χ2n) is 7.45. The molecule has 1 aromatic carbocycles. The molecular weight excluding hydrogens is 378 g/mol. The summed E-state index contributed by atoms with van der Waals surface area (Å²) >= 11 is 0. The van der Waals surface area contributed by atoms with E-state index in [1.165, 1.54) is 20.8 Å². The van der Waals surface area contributed by atoms with Crippen molar-refractivity contribution in [2.45, 2.75) is 38.6 Å². The van der Waals surface area contributed by atoms with Gasteiger partial charge in [0.2, 0.25) is 10.0 Å². The quantitative estimate of drug-likeness (QED) is 0.805. The zero-order valence-electron chi connectivity index (χ0n) is 16.1. The Balaban J connectivity index is 1.69. The molecule has 0 unspecified atom stereocenters. The number of fused-ring (bicyclic) bond motifs is 2. The van der Waals surface area contributed by atoms with Gasteiger partial charge in [-0.3, -0.25) is 4.79 Å². The van der Waals surface area contributed by atoms with Crippen LogP contribution in [-0.2, 0) is 29.4 Å². The molecule has 3 heterocycles.